The van der Waals surface area contributed by atoms with Gasteiger partial charge in [-0.3, -0.25) is 4.79 Å². The van der Waals surface area contributed by atoms with Gasteiger partial charge >= 0.3 is 0 Å². The monoisotopic (exact) mass is 404 g/mol. The topological polar surface area (TPSA) is 57.3 Å². The molecule has 1 saturated heterocycles. The number of aromatic nitrogens is 1. The first-order valence-corrected chi connectivity index (χ1v) is 9.31. The van der Waals surface area contributed by atoms with Gasteiger partial charge in [-0.1, -0.05) is 13.0 Å². The largest absolute Gasteiger partial charge is 0.357 e. The van der Waals surface area contributed by atoms with Crippen LogP contribution in [0.25, 0.3) is 0 Å². The summed E-state index contributed by atoms with van der Waals surface area (Å²) in [5, 5.41) is 6.46. The molecule has 1 fully saturated rings. The number of nitrogens with one attached hydrogen (secondary N) is 2. The summed E-state index contributed by atoms with van der Waals surface area (Å²) in [7, 11) is 0. The number of rotatable bonds is 8. The molecular weight excluding hydrogens is 371 g/mol. The van der Waals surface area contributed by atoms with Crippen LogP contribution in [0.2, 0.25) is 0 Å². The van der Waals surface area contributed by atoms with Crippen molar-refractivity contribution in [2.45, 2.75) is 46.6 Å². The molecule has 0 bridgehead atoms. The van der Waals surface area contributed by atoms with Crippen LogP contribution in [0, 0.1) is 11.8 Å². The van der Waals surface area contributed by atoms with Crippen molar-refractivity contribution in [1.82, 2.24) is 15.6 Å². The van der Waals surface area contributed by atoms with Gasteiger partial charge in [0.15, 0.2) is 0 Å². The second-order valence-electron chi connectivity index (χ2n) is 6.76. The lowest BCUT2D eigenvalue weighted by atomic mass is 9.85. The van der Waals surface area contributed by atoms with Crippen molar-refractivity contribution in [2.75, 3.05) is 31.1 Å². The van der Waals surface area contributed by atoms with Crippen LogP contribution in [0.4, 0.5) is 5.82 Å². The normalized spacial score (nSPS) is 17.4. The van der Waals surface area contributed by atoms with Crippen molar-refractivity contribution in [3.05, 3.63) is 23.9 Å². The molecule has 150 valence electrons. The second-order valence-corrected chi connectivity index (χ2v) is 6.76. The van der Waals surface area contributed by atoms with Crippen molar-refractivity contribution in [2.24, 2.45) is 11.8 Å². The number of pyridine rings is 1. The summed E-state index contributed by atoms with van der Waals surface area (Å²) < 4.78 is 0. The predicted molar refractivity (Wildman–Crippen MR) is 114 cm³/mol. The molecule has 2 atom stereocenters. The Morgan fingerprint density at radius 3 is 2.62 bits per heavy atom. The van der Waals surface area contributed by atoms with Gasteiger partial charge in [0, 0.05) is 32.3 Å². The van der Waals surface area contributed by atoms with Crippen LogP contribution in [0.5, 0.6) is 0 Å². The van der Waals surface area contributed by atoms with E-state index in [4.69, 9.17) is 0 Å². The van der Waals surface area contributed by atoms with E-state index in [1.54, 1.807) is 0 Å². The average Bonchev–Trinajstić information content (AvgIpc) is 2.63. The summed E-state index contributed by atoms with van der Waals surface area (Å²) in [6.07, 6.45) is 4.93. The Labute approximate surface area is 170 Å². The van der Waals surface area contributed by atoms with Gasteiger partial charge in [-0.05, 0) is 63.2 Å². The van der Waals surface area contributed by atoms with Crippen LogP contribution in [0.15, 0.2) is 18.3 Å². The summed E-state index contributed by atoms with van der Waals surface area (Å²) in [6, 6.07) is 4.08. The number of halogens is 2. The standard InChI is InChI=1S/C19H32N4O.2ClH/c1-4-23(5-2)18-9-8-16(12-21-18)13-22-19(24)11-15(3)17-7-6-10-20-14-17;;/h8-9,12,15,17,20H,4-7,10-11,13-14H2,1-3H3,(H,22,24);2*1H. The fourth-order valence-electron chi connectivity index (χ4n) is 3.35. The first-order valence-electron chi connectivity index (χ1n) is 9.31. The molecule has 2 rings (SSSR count). The van der Waals surface area contributed by atoms with Gasteiger partial charge in [0.2, 0.25) is 5.91 Å². The highest BCUT2D eigenvalue weighted by atomic mass is 35.5. The number of carbonyl (C=O) groups excluding carboxylic acids is 1. The molecule has 0 saturated carbocycles. The van der Waals surface area contributed by atoms with Gasteiger partial charge in [-0.15, -0.1) is 24.8 Å². The van der Waals surface area contributed by atoms with Gasteiger partial charge in [-0.25, -0.2) is 4.98 Å². The van der Waals surface area contributed by atoms with Crippen molar-refractivity contribution in [3.8, 4) is 0 Å². The van der Waals surface area contributed by atoms with Gasteiger partial charge in [-0.2, -0.15) is 0 Å². The third kappa shape index (κ3) is 7.68. The zero-order valence-electron chi connectivity index (χ0n) is 16.2. The molecule has 1 aliphatic rings. The van der Waals surface area contributed by atoms with Crippen molar-refractivity contribution < 1.29 is 4.79 Å². The Hall–Kier alpha value is -1.04. The maximum absolute atomic E-state index is 12.2. The Morgan fingerprint density at radius 1 is 1.35 bits per heavy atom. The van der Waals surface area contributed by atoms with Crippen LogP contribution in [-0.4, -0.2) is 37.1 Å². The molecule has 7 heteroatoms. The van der Waals surface area contributed by atoms with Crippen LogP contribution in [-0.2, 0) is 11.3 Å². The summed E-state index contributed by atoms with van der Waals surface area (Å²) in [5.74, 6) is 2.19. The van der Waals surface area contributed by atoms with Crippen LogP contribution < -0.4 is 15.5 Å². The molecule has 1 amide bonds. The minimum atomic E-state index is 0. The number of piperidine rings is 1. The lowest BCUT2D eigenvalue weighted by molar-refractivity contribution is -0.122. The highest BCUT2D eigenvalue weighted by Gasteiger charge is 2.21. The Kier molecular flexibility index (Phi) is 12.7. The molecule has 2 N–H and O–H groups in total. The van der Waals surface area contributed by atoms with Crippen LogP contribution in [0.1, 0.15) is 45.6 Å². The molecule has 0 aromatic carbocycles. The third-order valence-corrected chi connectivity index (χ3v) is 5.03. The van der Waals surface area contributed by atoms with Gasteiger partial charge < -0.3 is 15.5 Å². The van der Waals surface area contributed by atoms with E-state index < -0.39 is 0 Å². The van der Waals surface area contributed by atoms with E-state index >= 15 is 0 Å². The van der Waals surface area contributed by atoms with E-state index in [0.29, 0.717) is 24.8 Å². The molecule has 1 aromatic rings. The van der Waals surface area contributed by atoms with Crippen molar-refractivity contribution >= 4 is 36.5 Å². The number of anilines is 1. The fraction of sp³-hybridized carbons (Fsp3) is 0.684. The lowest BCUT2D eigenvalue weighted by Gasteiger charge is -2.28. The molecule has 1 aromatic heterocycles. The molecule has 5 nitrogen and oxygen atoms in total. The fourth-order valence-corrected chi connectivity index (χ4v) is 3.35. The van der Waals surface area contributed by atoms with Crippen LogP contribution >= 0.6 is 24.8 Å². The van der Waals surface area contributed by atoms with E-state index in [1.165, 1.54) is 12.8 Å². The second kappa shape index (κ2) is 13.2. The Balaban J connectivity index is 0.00000312. The maximum atomic E-state index is 12.2. The van der Waals surface area contributed by atoms with E-state index in [-0.39, 0.29) is 30.7 Å². The van der Waals surface area contributed by atoms with Gasteiger partial charge in [0.25, 0.3) is 0 Å². The van der Waals surface area contributed by atoms with Crippen molar-refractivity contribution in [1.29, 1.82) is 0 Å². The zero-order valence-corrected chi connectivity index (χ0v) is 17.8. The first kappa shape index (κ1) is 25.0. The Bertz CT molecular complexity index is 503. The molecule has 1 aliphatic heterocycles. The lowest BCUT2D eigenvalue weighted by Crippen LogP contribution is -2.35. The predicted octanol–water partition coefficient (Wildman–Crippen LogP) is 3.41. The highest BCUT2D eigenvalue weighted by molar-refractivity contribution is 5.85. The number of nitrogens with zero attached hydrogens (tertiary/aromatic N) is 2. The molecule has 0 aliphatic carbocycles. The first-order chi connectivity index (χ1) is 11.6. The molecular formula is C19H34Cl2N4O. The summed E-state index contributed by atoms with van der Waals surface area (Å²) in [6.45, 7) is 11.1. The minimum absolute atomic E-state index is 0. The molecule has 2 heterocycles. The number of hydrogen-bond donors (Lipinski definition) is 2. The van der Waals surface area contributed by atoms with Crippen molar-refractivity contribution in [3.63, 3.8) is 0 Å². The van der Waals surface area contributed by atoms with E-state index in [9.17, 15) is 4.79 Å². The number of hydrogen-bond acceptors (Lipinski definition) is 4. The number of carbonyl (C=O) groups is 1. The van der Waals surface area contributed by atoms with E-state index in [2.05, 4.69) is 47.4 Å². The summed E-state index contributed by atoms with van der Waals surface area (Å²) in [5.41, 5.74) is 1.05. The smallest absolute Gasteiger partial charge is 0.220 e. The van der Waals surface area contributed by atoms with E-state index in [1.807, 2.05) is 12.3 Å². The third-order valence-electron chi connectivity index (χ3n) is 5.03. The number of amides is 1. The Morgan fingerprint density at radius 2 is 2.08 bits per heavy atom. The molecule has 2 unspecified atom stereocenters. The molecule has 26 heavy (non-hydrogen) atoms. The van der Waals surface area contributed by atoms with Gasteiger partial charge in [0.1, 0.15) is 5.82 Å². The van der Waals surface area contributed by atoms with Crippen LogP contribution in [0.3, 0.4) is 0 Å². The summed E-state index contributed by atoms with van der Waals surface area (Å²) in [4.78, 5) is 18.9. The zero-order chi connectivity index (χ0) is 17.4. The molecule has 0 radical (unpaired) electrons. The summed E-state index contributed by atoms with van der Waals surface area (Å²) >= 11 is 0. The minimum Gasteiger partial charge on any atom is -0.357 e. The maximum Gasteiger partial charge on any atom is 0.220 e. The molecule has 0 spiro atoms. The quantitative estimate of drug-likeness (QED) is 0.696. The highest BCUT2D eigenvalue weighted by Crippen LogP contribution is 2.22. The van der Waals surface area contributed by atoms with E-state index in [0.717, 1.165) is 37.6 Å². The SMILES string of the molecule is CCN(CC)c1ccc(CNC(=O)CC(C)C2CCCNC2)cn1.Cl.Cl. The van der Waals surface area contributed by atoms with Gasteiger partial charge in [0.05, 0.1) is 0 Å². The average molecular weight is 405 g/mol.